The van der Waals surface area contributed by atoms with E-state index in [4.69, 9.17) is 21.1 Å². The number of benzene rings is 2. The number of carbonyl (C=O) groups excluding carboxylic acids is 1. The Morgan fingerprint density at radius 3 is 2.57 bits per heavy atom. The maximum Gasteiger partial charge on any atom is 0.243 e. The number of hydrogen-bond acceptors (Lipinski definition) is 5. The Morgan fingerprint density at radius 2 is 1.93 bits per heavy atom. The lowest BCUT2D eigenvalue weighted by molar-refractivity contribution is -0.126. The van der Waals surface area contributed by atoms with Crippen LogP contribution in [-0.4, -0.2) is 44.3 Å². The minimum atomic E-state index is -0.0445. The molecule has 2 aromatic rings. The van der Waals surface area contributed by atoms with Gasteiger partial charge in [-0.05, 0) is 77.3 Å². The molecule has 1 amide bonds. The molecule has 0 unspecified atom stereocenters. The first kappa shape index (κ1) is 22.6. The molecule has 1 heterocycles. The second-order valence-corrected chi connectivity index (χ2v) is 8.44. The number of hydrazone groups is 1. The smallest absolute Gasteiger partial charge is 0.243 e. The third-order valence-corrected chi connectivity index (χ3v) is 5.96. The number of ether oxygens (including phenoxy) is 2. The summed E-state index contributed by atoms with van der Waals surface area (Å²) >= 11 is 9.39. The topological polar surface area (TPSA) is 63.2 Å². The summed E-state index contributed by atoms with van der Waals surface area (Å²) in [5.74, 6) is 1.13. The molecule has 6 nitrogen and oxygen atoms in total. The number of halogens is 2. The molecule has 160 valence electrons. The van der Waals surface area contributed by atoms with Crippen LogP contribution in [0.2, 0.25) is 5.02 Å². The van der Waals surface area contributed by atoms with Crippen molar-refractivity contribution < 1.29 is 14.3 Å². The number of carbonyl (C=O) groups is 1. The largest absolute Gasteiger partial charge is 0.493 e. The number of methoxy groups -OCH3 is 2. The first-order valence-electron chi connectivity index (χ1n) is 9.71. The maximum atomic E-state index is 12.5. The SMILES string of the molecule is COc1cc(/C=N\NC(=O)C2CCN(Cc3ccc(Cl)cc3)CC2)cc(Br)c1OC. The first-order chi connectivity index (χ1) is 14.5. The van der Waals surface area contributed by atoms with Gasteiger partial charge < -0.3 is 9.47 Å². The predicted octanol–water partition coefficient (Wildman–Crippen LogP) is 4.48. The Balaban J connectivity index is 1.49. The van der Waals surface area contributed by atoms with Crippen LogP contribution in [0.3, 0.4) is 0 Å². The van der Waals surface area contributed by atoms with Gasteiger partial charge in [0.2, 0.25) is 5.91 Å². The molecule has 1 aliphatic heterocycles. The summed E-state index contributed by atoms with van der Waals surface area (Å²) in [5, 5.41) is 4.86. The van der Waals surface area contributed by atoms with E-state index >= 15 is 0 Å². The van der Waals surface area contributed by atoms with Crippen LogP contribution >= 0.6 is 27.5 Å². The van der Waals surface area contributed by atoms with Crippen molar-refractivity contribution in [2.45, 2.75) is 19.4 Å². The lowest BCUT2D eigenvalue weighted by atomic mass is 9.96. The quantitative estimate of drug-likeness (QED) is 0.455. The highest BCUT2D eigenvalue weighted by atomic mass is 79.9. The van der Waals surface area contributed by atoms with Gasteiger partial charge in [-0.15, -0.1) is 0 Å². The summed E-state index contributed by atoms with van der Waals surface area (Å²) in [4.78, 5) is 14.8. The highest BCUT2D eigenvalue weighted by Gasteiger charge is 2.24. The minimum absolute atomic E-state index is 0.0271. The second-order valence-electron chi connectivity index (χ2n) is 7.15. The Labute approximate surface area is 190 Å². The van der Waals surface area contributed by atoms with Gasteiger partial charge in [0.05, 0.1) is 24.9 Å². The van der Waals surface area contributed by atoms with Crippen LogP contribution in [0.4, 0.5) is 0 Å². The Hall–Kier alpha value is -2.09. The molecule has 0 atom stereocenters. The molecule has 0 aromatic heterocycles. The van der Waals surface area contributed by atoms with Crippen molar-refractivity contribution in [3.05, 3.63) is 57.0 Å². The summed E-state index contributed by atoms with van der Waals surface area (Å²) < 4.78 is 11.4. The van der Waals surface area contributed by atoms with E-state index in [0.29, 0.717) is 11.5 Å². The normalized spacial score (nSPS) is 15.3. The fraction of sp³-hybridized carbons (Fsp3) is 0.364. The Morgan fingerprint density at radius 1 is 1.23 bits per heavy atom. The molecular weight excluding hydrogens is 470 g/mol. The van der Waals surface area contributed by atoms with Gasteiger partial charge in [0.1, 0.15) is 0 Å². The number of likely N-dealkylation sites (tertiary alicyclic amines) is 1. The number of rotatable bonds is 7. The molecular formula is C22H25BrClN3O3. The monoisotopic (exact) mass is 493 g/mol. The summed E-state index contributed by atoms with van der Waals surface area (Å²) in [6.07, 6.45) is 3.23. The fourth-order valence-corrected chi connectivity index (χ4v) is 4.22. The van der Waals surface area contributed by atoms with Crippen LogP contribution in [0.5, 0.6) is 11.5 Å². The molecule has 2 aromatic carbocycles. The Kier molecular flexibility index (Phi) is 8.13. The molecule has 1 saturated heterocycles. The maximum absolute atomic E-state index is 12.5. The fourth-order valence-electron chi connectivity index (χ4n) is 3.48. The van der Waals surface area contributed by atoms with E-state index in [9.17, 15) is 4.79 Å². The molecule has 0 radical (unpaired) electrons. The van der Waals surface area contributed by atoms with E-state index in [-0.39, 0.29) is 11.8 Å². The molecule has 0 saturated carbocycles. The zero-order chi connectivity index (χ0) is 21.5. The first-order valence-corrected chi connectivity index (χ1v) is 10.9. The third-order valence-electron chi connectivity index (χ3n) is 5.12. The van der Waals surface area contributed by atoms with Gasteiger partial charge >= 0.3 is 0 Å². The van der Waals surface area contributed by atoms with Gasteiger partial charge in [-0.25, -0.2) is 5.43 Å². The van der Waals surface area contributed by atoms with Crippen LogP contribution in [0.1, 0.15) is 24.0 Å². The lowest BCUT2D eigenvalue weighted by Crippen LogP contribution is -2.39. The van der Waals surface area contributed by atoms with E-state index in [1.165, 1.54) is 5.56 Å². The van der Waals surface area contributed by atoms with E-state index < -0.39 is 0 Å². The van der Waals surface area contributed by atoms with Crippen molar-refractivity contribution >= 4 is 39.7 Å². The molecule has 1 N–H and O–H groups in total. The van der Waals surface area contributed by atoms with Crippen molar-refractivity contribution in [2.24, 2.45) is 11.0 Å². The number of nitrogens with zero attached hydrogens (tertiary/aromatic N) is 2. The standard InChI is InChI=1S/C22H25BrClN3O3/c1-29-20-12-16(11-19(23)21(20)30-2)13-25-26-22(28)17-7-9-27(10-8-17)14-15-3-5-18(24)6-4-15/h3-6,11-13,17H,7-10,14H2,1-2H3,(H,26,28)/b25-13-. The number of hydrogen-bond donors (Lipinski definition) is 1. The highest BCUT2D eigenvalue weighted by Crippen LogP contribution is 2.35. The van der Waals surface area contributed by atoms with Gasteiger partial charge in [-0.3, -0.25) is 9.69 Å². The molecule has 1 fully saturated rings. The molecule has 0 aliphatic carbocycles. The molecule has 0 spiro atoms. The summed E-state index contributed by atoms with van der Waals surface area (Å²) in [6.45, 7) is 2.64. The van der Waals surface area contributed by atoms with Gasteiger partial charge in [0.25, 0.3) is 0 Å². The molecule has 3 rings (SSSR count). The van der Waals surface area contributed by atoms with Crippen molar-refractivity contribution in [3.8, 4) is 11.5 Å². The lowest BCUT2D eigenvalue weighted by Gasteiger charge is -2.30. The zero-order valence-electron chi connectivity index (χ0n) is 17.0. The number of nitrogens with one attached hydrogen (secondary N) is 1. The molecule has 30 heavy (non-hydrogen) atoms. The summed E-state index contributed by atoms with van der Waals surface area (Å²) in [5.41, 5.74) is 4.69. The van der Waals surface area contributed by atoms with Crippen molar-refractivity contribution in [1.29, 1.82) is 0 Å². The predicted molar refractivity (Wildman–Crippen MR) is 122 cm³/mol. The van der Waals surface area contributed by atoms with E-state index in [1.807, 2.05) is 30.3 Å². The Bertz CT molecular complexity index is 897. The van der Waals surface area contributed by atoms with E-state index in [1.54, 1.807) is 26.5 Å². The second kappa shape index (κ2) is 10.8. The number of amides is 1. The molecule has 8 heteroatoms. The molecule has 0 bridgehead atoms. The minimum Gasteiger partial charge on any atom is -0.493 e. The average molecular weight is 495 g/mol. The van der Waals surface area contributed by atoms with Gasteiger partial charge in [-0.1, -0.05) is 23.7 Å². The summed E-state index contributed by atoms with van der Waals surface area (Å²) in [6, 6.07) is 11.6. The van der Waals surface area contributed by atoms with Gasteiger partial charge in [-0.2, -0.15) is 5.10 Å². The average Bonchev–Trinajstić information content (AvgIpc) is 2.75. The van der Waals surface area contributed by atoms with Crippen molar-refractivity contribution in [2.75, 3.05) is 27.3 Å². The van der Waals surface area contributed by atoms with Crippen LogP contribution < -0.4 is 14.9 Å². The van der Waals surface area contributed by atoms with Gasteiger partial charge in [0.15, 0.2) is 11.5 Å². The van der Waals surface area contributed by atoms with Crippen LogP contribution in [-0.2, 0) is 11.3 Å². The highest BCUT2D eigenvalue weighted by molar-refractivity contribution is 9.10. The van der Waals surface area contributed by atoms with Crippen molar-refractivity contribution in [1.82, 2.24) is 10.3 Å². The van der Waals surface area contributed by atoms with Crippen molar-refractivity contribution in [3.63, 3.8) is 0 Å². The van der Waals surface area contributed by atoms with Gasteiger partial charge in [0, 0.05) is 17.5 Å². The number of piperidine rings is 1. The zero-order valence-corrected chi connectivity index (χ0v) is 19.4. The van der Waals surface area contributed by atoms with E-state index in [0.717, 1.165) is 47.5 Å². The van der Waals surface area contributed by atoms with Crippen LogP contribution in [0.25, 0.3) is 0 Å². The van der Waals surface area contributed by atoms with Crippen LogP contribution in [0, 0.1) is 5.92 Å². The van der Waals surface area contributed by atoms with Crippen LogP contribution in [0.15, 0.2) is 46.0 Å². The molecule has 1 aliphatic rings. The summed E-state index contributed by atoms with van der Waals surface area (Å²) in [7, 11) is 3.16. The van der Waals surface area contributed by atoms with E-state index in [2.05, 4.69) is 31.4 Å². The third kappa shape index (κ3) is 5.97.